The number of furan rings is 2. The van der Waals surface area contributed by atoms with Gasteiger partial charge in [-0.25, -0.2) is 0 Å². The predicted molar refractivity (Wildman–Crippen MR) is 224 cm³/mol. The quantitative estimate of drug-likeness (QED) is 0.106. The fourth-order valence-electron chi connectivity index (χ4n) is 8.19. The van der Waals surface area contributed by atoms with E-state index in [4.69, 9.17) is 8.83 Å². The van der Waals surface area contributed by atoms with Gasteiger partial charge in [-0.15, -0.1) is 22.7 Å². The molecule has 280 valence electrons. The van der Waals surface area contributed by atoms with E-state index in [2.05, 4.69) is 81.1 Å². The van der Waals surface area contributed by atoms with E-state index in [1.54, 1.807) is 22.7 Å². The summed E-state index contributed by atoms with van der Waals surface area (Å²) in [4.78, 5) is 23.2. The number of nitrogens with zero attached hydrogens (tertiary/aromatic N) is 2. The molecule has 54 heavy (non-hydrogen) atoms. The van der Waals surface area contributed by atoms with E-state index in [1.165, 1.54) is 0 Å². The van der Waals surface area contributed by atoms with E-state index in [0.717, 1.165) is 121 Å². The van der Waals surface area contributed by atoms with Gasteiger partial charge in [0, 0.05) is 29.4 Å². The average Bonchev–Trinajstić information content (AvgIpc) is 4.05. The van der Waals surface area contributed by atoms with E-state index in [1.807, 2.05) is 41.3 Å². The van der Waals surface area contributed by atoms with Gasteiger partial charge < -0.3 is 23.7 Å². The van der Waals surface area contributed by atoms with Crippen molar-refractivity contribution in [2.45, 2.75) is 85.3 Å². The van der Waals surface area contributed by atoms with Gasteiger partial charge in [0.25, 0.3) is 5.91 Å². The van der Waals surface area contributed by atoms with Gasteiger partial charge >= 0.3 is 0 Å². The number of rotatable bonds is 16. The summed E-state index contributed by atoms with van der Waals surface area (Å²) >= 11 is 3.26. The minimum atomic E-state index is -0.946. The highest BCUT2D eigenvalue weighted by molar-refractivity contribution is 7.17. The fourth-order valence-corrected chi connectivity index (χ4v) is 10.2. The predicted octanol–water partition coefficient (Wildman–Crippen LogP) is 12.7. The minimum absolute atomic E-state index is 0.00882. The topological polar surface area (TPSA) is 70.1 Å². The van der Waals surface area contributed by atoms with Crippen LogP contribution < -0.4 is 0 Å². The lowest BCUT2D eigenvalue weighted by Gasteiger charge is -2.32. The number of hydrogen-bond acceptors (Lipinski definition) is 7. The molecule has 3 atom stereocenters. The minimum Gasteiger partial charge on any atom is -0.455 e. The molecule has 2 aliphatic rings. The van der Waals surface area contributed by atoms with Crippen LogP contribution in [0.15, 0.2) is 105 Å². The normalized spacial score (nSPS) is 17.2. The maximum atomic E-state index is 15.1. The smallest absolute Gasteiger partial charge is 0.261 e. The molecule has 4 aromatic heterocycles. The number of benzene rings is 2. The van der Waals surface area contributed by atoms with Crippen molar-refractivity contribution in [3.05, 3.63) is 106 Å². The number of aliphatic hydroxyl groups excluding tert-OH is 1. The van der Waals surface area contributed by atoms with Crippen molar-refractivity contribution >= 4 is 61.9 Å². The Morgan fingerprint density at radius 1 is 0.667 bits per heavy atom. The second-order valence-electron chi connectivity index (χ2n) is 14.9. The third kappa shape index (κ3) is 6.78. The Kier molecular flexibility index (Phi) is 10.7. The summed E-state index contributed by atoms with van der Waals surface area (Å²) in [5, 5.41) is 14.7. The summed E-state index contributed by atoms with van der Waals surface area (Å²) in [6.45, 7) is 10.2. The molecule has 3 unspecified atom stereocenters. The Morgan fingerprint density at radius 2 is 1.17 bits per heavy atom. The molecule has 0 aliphatic carbocycles. The number of unbranched alkanes of at least 4 members (excludes halogenated alkanes) is 2. The molecule has 6 nitrogen and oxygen atoms in total. The van der Waals surface area contributed by atoms with Gasteiger partial charge in [0.05, 0.1) is 36.5 Å². The first-order valence-electron chi connectivity index (χ1n) is 19.9. The second-order valence-corrected chi connectivity index (χ2v) is 17.1. The Labute approximate surface area is 326 Å². The maximum Gasteiger partial charge on any atom is 0.261 e. The SMILES string of the molecule is CCCCC(CC)CN1C(=O)C2=C(c3ccc(-c4cc5ccccc5o4)s3)N(CC(CC)CCCC)C(O)C2=C1c1ccc(-c2cc3ccccc3o2)s1. The summed E-state index contributed by atoms with van der Waals surface area (Å²) < 4.78 is 12.6. The third-order valence-corrected chi connectivity index (χ3v) is 13.5. The van der Waals surface area contributed by atoms with Crippen molar-refractivity contribution in [3.63, 3.8) is 0 Å². The van der Waals surface area contributed by atoms with Crippen LogP contribution in [-0.4, -0.2) is 40.1 Å². The number of carbonyl (C=O) groups is 1. The Hall–Kier alpha value is -4.37. The van der Waals surface area contributed by atoms with Gasteiger partial charge in [-0.3, -0.25) is 4.79 Å². The van der Waals surface area contributed by atoms with Crippen LogP contribution in [0, 0.1) is 11.8 Å². The van der Waals surface area contributed by atoms with Gasteiger partial charge in [0.2, 0.25) is 0 Å². The highest BCUT2D eigenvalue weighted by Gasteiger charge is 2.49. The van der Waals surface area contributed by atoms with Crippen molar-refractivity contribution in [1.29, 1.82) is 0 Å². The molecule has 6 aromatic rings. The molecule has 6 heterocycles. The molecular weight excluding hydrogens is 709 g/mol. The summed E-state index contributed by atoms with van der Waals surface area (Å²) in [6.07, 6.45) is 7.72. The van der Waals surface area contributed by atoms with E-state index in [9.17, 15) is 5.11 Å². The number of aliphatic hydroxyl groups is 1. The fraction of sp³-hybridized carbons (Fsp3) is 0.370. The number of amides is 1. The number of hydrogen-bond donors (Lipinski definition) is 1. The largest absolute Gasteiger partial charge is 0.455 e. The zero-order valence-corrected chi connectivity index (χ0v) is 33.4. The van der Waals surface area contributed by atoms with Gasteiger partial charge in [-0.2, -0.15) is 0 Å². The molecule has 1 amide bonds. The van der Waals surface area contributed by atoms with Crippen LogP contribution in [0.4, 0.5) is 0 Å². The number of fused-ring (bicyclic) bond motifs is 3. The van der Waals surface area contributed by atoms with E-state index in [-0.39, 0.29) is 5.91 Å². The zero-order chi connectivity index (χ0) is 37.3. The van der Waals surface area contributed by atoms with Crippen LogP contribution in [-0.2, 0) is 4.79 Å². The average molecular weight is 759 g/mol. The summed E-state index contributed by atoms with van der Waals surface area (Å²) in [7, 11) is 0. The first kappa shape index (κ1) is 36.6. The van der Waals surface area contributed by atoms with Gasteiger partial charge in [-0.1, -0.05) is 103 Å². The molecular formula is C46H50N2O4S2. The highest BCUT2D eigenvalue weighted by atomic mass is 32.1. The van der Waals surface area contributed by atoms with E-state index >= 15 is 4.79 Å². The van der Waals surface area contributed by atoms with Crippen molar-refractivity contribution in [3.8, 4) is 21.3 Å². The van der Waals surface area contributed by atoms with Crippen molar-refractivity contribution < 1.29 is 18.7 Å². The van der Waals surface area contributed by atoms with Crippen molar-refractivity contribution in [2.75, 3.05) is 13.1 Å². The second kappa shape index (κ2) is 15.8. The lowest BCUT2D eigenvalue weighted by molar-refractivity contribution is -0.123. The van der Waals surface area contributed by atoms with Crippen LogP contribution in [0.2, 0.25) is 0 Å². The summed E-state index contributed by atoms with van der Waals surface area (Å²) in [6, 6.07) is 28.7. The molecule has 8 rings (SSSR count). The molecule has 0 saturated carbocycles. The van der Waals surface area contributed by atoms with Gasteiger partial charge in [-0.05, 0) is 73.2 Å². The van der Waals surface area contributed by atoms with Crippen molar-refractivity contribution in [1.82, 2.24) is 9.80 Å². The number of para-hydroxylation sites is 2. The van der Waals surface area contributed by atoms with Gasteiger partial charge in [0.1, 0.15) is 22.7 Å². The van der Waals surface area contributed by atoms with Crippen LogP contribution in [0.1, 0.15) is 88.8 Å². The zero-order valence-electron chi connectivity index (χ0n) is 31.8. The Bertz CT molecular complexity index is 2270. The van der Waals surface area contributed by atoms with E-state index in [0.29, 0.717) is 30.5 Å². The van der Waals surface area contributed by atoms with Crippen LogP contribution in [0.25, 0.3) is 54.6 Å². The first-order valence-corrected chi connectivity index (χ1v) is 21.5. The molecule has 0 bridgehead atoms. The van der Waals surface area contributed by atoms with Crippen LogP contribution in [0.5, 0.6) is 0 Å². The molecule has 0 saturated heterocycles. The Balaban J connectivity index is 1.27. The maximum absolute atomic E-state index is 15.1. The number of carbonyl (C=O) groups excluding carboxylic acids is 1. The van der Waals surface area contributed by atoms with E-state index < -0.39 is 6.23 Å². The van der Waals surface area contributed by atoms with Crippen LogP contribution >= 0.6 is 22.7 Å². The molecule has 2 aliphatic heterocycles. The molecule has 0 radical (unpaired) electrons. The third-order valence-electron chi connectivity index (χ3n) is 11.3. The standard InChI is InChI=1S/C46H50N2O4S2/c1-5-9-15-29(7-3)27-47-43(39-23-21-37(53-39)35-25-31-17-11-13-19-33(31)51-35)41-42(45(47)49)44(48(46(41)50)28-30(8-4)16-10-6-2)40-24-22-38(54-40)36-26-32-18-12-14-20-34(32)52-36/h11-14,17-26,29-30,45,49H,5-10,15-16,27-28H2,1-4H3. The first-order chi connectivity index (χ1) is 26.4. The monoisotopic (exact) mass is 758 g/mol. The van der Waals surface area contributed by atoms with Crippen molar-refractivity contribution in [2.24, 2.45) is 11.8 Å². The number of thiophene rings is 2. The van der Waals surface area contributed by atoms with Crippen LogP contribution in [0.3, 0.4) is 0 Å². The lowest BCUT2D eigenvalue weighted by atomic mass is 9.98. The van der Waals surface area contributed by atoms with Gasteiger partial charge in [0.15, 0.2) is 6.23 Å². The molecule has 2 aromatic carbocycles. The molecule has 8 heteroatoms. The Morgan fingerprint density at radius 3 is 1.69 bits per heavy atom. The summed E-state index contributed by atoms with van der Waals surface area (Å²) in [5.41, 5.74) is 4.78. The molecule has 1 N–H and O–H groups in total. The highest BCUT2D eigenvalue weighted by Crippen LogP contribution is 2.52. The lowest BCUT2D eigenvalue weighted by Crippen LogP contribution is -2.36. The molecule has 0 spiro atoms. The molecule has 0 fully saturated rings. The summed E-state index contributed by atoms with van der Waals surface area (Å²) in [5.74, 6) is 2.36.